The summed E-state index contributed by atoms with van der Waals surface area (Å²) in [7, 11) is -2.44. The van der Waals surface area contributed by atoms with Crippen molar-refractivity contribution in [2.45, 2.75) is 17.4 Å². The van der Waals surface area contributed by atoms with E-state index in [9.17, 15) is 26.8 Å². The molecule has 2 aromatic rings. The molecule has 0 saturated heterocycles. The Labute approximate surface area is 161 Å². The molecule has 150 valence electrons. The zero-order valence-electron chi connectivity index (χ0n) is 14.9. The van der Waals surface area contributed by atoms with Crippen LogP contribution >= 0.6 is 0 Å². The molecule has 2 aromatic carbocycles. The van der Waals surface area contributed by atoms with E-state index in [1.54, 1.807) is 18.2 Å². The molecule has 2 amide bonds. The lowest BCUT2D eigenvalue weighted by atomic mass is 10.1. The summed E-state index contributed by atoms with van der Waals surface area (Å²) in [5.41, 5.74) is 0.0523. The maximum Gasteiger partial charge on any atom is 0.246 e. The maximum absolute atomic E-state index is 13.4. The number of likely N-dealkylation sites (N-methyl/N-ethyl adjacent to an activating group) is 1. The van der Waals surface area contributed by atoms with Gasteiger partial charge in [0.1, 0.15) is 6.04 Å². The van der Waals surface area contributed by atoms with E-state index in [-0.39, 0.29) is 23.4 Å². The van der Waals surface area contributed by atoms with Crippen molar-refractivity contribution in [3.8, 4) is 0 Å². The summed E-state index contributed by atoms with van der Waals surface area (Å²) in [4.78, 5) is 24.2. The van der Waals surface area contributed by atoms with Crippen molar-refractivity contribution >= 4 is 21.8 Å². The highest BCUT2D eigenvalue weighted by Crippen LogP contribution is 2.17. The molecule has 0 radical (unpaired) electrons. The van der Waals surface area contributed by atoms with Crippen molar-refractivity contribution < 1.29 is 26.8 Å². The summed E-state index contributed by atoms with van der Waals surface area (Å²) in [6, 6.07) is 9.21. The highest BCUT2D eigenvalue weighted by atomic mass is 32.2. The smallest absolute Gasteiger partial charge is 0.246 e. The van der Waals surface area contributed by atoms with Gasteiger partial charge < -0.3 is 10.6 Å². The summed E-state index contributed by atoms with van der Waals surface area (Å²) in [5.74, 6) is -3.52. The molecule has 3 N–H and O–H groups in total. The quantitative estimate of drug-likeness (QED) is 0.608. The molecule has 0 heterocycles. The number of carbonyl (C=O) groups excluding carboxylic acids is 2. The van der Waals surface area contributed by atoms with Crippen LogP contribution in [0.1, 0.15) is 18.0 Å². The van der Waals surface area contributed by atoms with Crippen LogP contribution < -0.4 is 15.4 Å². The lowest BCUT2D eigenvalue weighted by molar-refractivity contribution is -0.128. The number of nitrogens with one attached hydrogen (secondary N) is 3. The van der Waals surface area contributed by atoms with Crippen LogP contribution in [-0.4, -0.2) is 33.8 Å². The highest BCUT2D eigenvalue weighted by Gasteiger charge is 2.23. The van der Waals surface area contributed by atoms with Crippen LogP contribution in [0.4, 0.5) is 8.78 Å². The second-order valence-electron chi connectivity index (χ2n) is 5.75. The number of hydrogen-bond acceptors (Lipinski definition) is 4. The Hall–Kier alpha value is -2.85. The van der Waals surface area contributed by atoms with E-state index in [1.807, 2.05) is 0 Å². The minimum atomic E-state index is -3.77. The highest BCUT2D eigenvalue weighted by molar-refractivity contribution is 7.89. The summed E-state index contributed by atoms with van der Waals surface area (Å²) >= 11 is 0. The molecule has 0 saturated carbocycles. The fraction of sp³-hybridized carbons (Fsp3) is 0.222. The van der Waals surface area contributed by atoms with Crippen molar-refractivity contribution in [2.75, 3.05) is 13.6 Å². The molecule has 0 aliphatic carbocycles. The van der Waals surface area contributed by atoms with E-state index in [1.165, 1.54) is 25.2 Å². The van der Waals surface area contributed by atoms with E-state index >= 15 is 0 Å². The topological polar surface area (TPSA) is 104 Å². The van der Waals surface area contributed by atoms with Gasteiger partial charge in [-0.1, -0.05) is 24.3 Å². The van der Waals surface area contributed by atoms with Crippen molar-refractivity contribution in [1.29, 1.82) is 0 Å². The van der Waals surface area contributed by atoms with E-state index < -0.39 is 39.5 Å². The second kappa shape index (κ2) is 9.38. The second-order valence-corrected chi connectivity index (χ2v) is 7.52. The van der Waals surface area contributed by atoms with Crippen molar-refractivity contribution in [3.63, 3.8) is 0 Å². The van der Waals surface area contributed by atoms with Crippen LogP contribution in [0.25, 0.3) is 0 Å². The lowest BCUT2D eigenvalue weighted by Gasteiger charge is -2.18. The third-order valence-corrected chi connectivity index (χ3v) is 5.27. The molecule has 0 spiro atoms. The van der Waals surface area contributed by atoms with Gasteiger partial charge >= 0.3 is 0 Å². The van der Waals surface area contributed by atoms with E-state index in [4.69, 9.17) is 0 Å². The number of hydrogen-bond donors (Lipinski definition) is 3. The number of sulfonamides is 1. The van der Waals surface area contributed by atoms with Crippen LogP contribution in [0.2, 0.25) is 0 Å². The monoisotopic (exact) mass is 411 g/mol. The van der Waals surface area contributed by atoms with Crippen molar-refractivity contribution in [3.05, 3.63) is 65.7 Å². The molecule has 7 nitrogen and oxygen atoms in total. The van der Waals surface area contributed by atoms with Gasteiger partial charge in [0.05, 0.1) is 4.90 Å². The summed E-state index contributed by atoms with van der Waals surface area (Å²) < 4.78 is 53.0. The number of amides is 2. The molecule has 0 aliphatic rings. The van der Waals surface area contributed by atoms with E-state index in [2.05, 4.69) is 15.4 Å². The number of rotatable bonds is 8. The van der Waals surface area contributed by atoms with E-state index in [0.29, 0.717) is 0 Å². The van der Waals surface area contributed by atoms with Crippen molar-refractivity contribution in [2.24, 2.45) is 0 Å². The third-order valence-electron chi connectivity index (χ3n) is 3.79. The minimum absolute atomic E-state index is 0.0523. The lowest BCUT2D eigenvalue weighted by Crippen LogP contribution is -2.40. The minimum Gasteiger partial charge on any atom is -0.357 e. The molecule has 0 bridgehead atoms. The van der Waals surface area contributed by atoms with Gasteiger partial charge in [0.2, 0.25) is 21.8 Å². The number of carbonyl (C=O) groups is 2. The molecule has 2 rings (SSSR count). The Bertz CT molecular complexity index is 953. The predicted molar refractivity (Wildman–Crippen MR) is 97.6 cm³/mol. The first-order valence-electron chi connectivity index (χ1n) is 8.25. The summed E-state index contributed by atoms with van der Waals surface area (Å²) in [6.07, 6.45) is -0.261. The molecule has 10 heteroatoms. The Morgan fingerprint density at radius 3 is 2.32 bits per heavy atom. The third kappa shape index (κ3) is 5.57. The largest absolute Gasteiger partial charge is 0.357 e. The van der Waals surface area contributed by atoms with Gasteiger partial charge in [-0.15, -0.1) is 0 Å². The van der Waals surface area contributed by atoms with Crippen molar-refractivity contribution in [1.82, 2.24) is 15.4 Å². The number of benzene rings is 2. The summed E-state index contributed by atoms with van der Waals surface area (Å²) in [5, 5.41) is 4.71. The van der Waals surface area contributed by atoms with Gasteiger partial charge in [-0.05, 0) is 29.8 Å². The van der Waals surface area contributed by atoms with E-state index in [0.717, 1.165) is 12.1 Å². The molecular weight excluding hydrogens is 392 g/mol. The Balaban J connectivity index is 2.00. The first-order valence-corrected chi connectivity index (χ1v) is 9.73. The van der Waals surface area contributed by atoms with Crippen LogP contribution in [0, 0.1) is 11.6 Å². The average Bonchev–Trinajstić information content (AvgIpc) is 2.68. The number of halogens is 2. The molecule has 1 atom stereocenters. The summed E-state index contributed by atoms with van der Waals surface area (Å²) in [6.45, 7) is -0.207. The Morgan fingerprint density at radius 2 is 1.71 bits per heavy atom. The zero-order chi connectivity index (χ0) is 20.7. The molecule has 0 aliphatic heterocycles. The first-order chi connectivity index (χ1) is 13.2. The van der Waals surface area contributed by atoms with Crippen LogP contribution in [-0.2, 0) is 19.6 Å². The first kappa shape index (κ1) is 21.5. The van der Waals surface area contributed by atoms with Gasteiger partial charge in [-0.2, -0.15) is 0 Å². The fourth-order valence-corrected chi connectivity index (χ4v) is 3.40. The maximum atomic E-state index is 13.4. The molecule has 28 heavy (non-hydrogen) atoms. The van der Waals surface area contributed by atoms with Crippen LogP contribution in [0.15, 0.2) is 53.4 Å². The Morgan fingerprint density at radius 1 is 1.04 bits per heavy atom. The molecule has 0 fully saturated rings. The van der Waals surface area contributed by atoms with Gasteiger partial charge in [0.15, 0.2) is 11.6 Å². The normalized spacial score (nSPS) is 12.2. The van der Waals surface area contributed by atoms with Crippen LogP contribution in [0.5, 0.6) is 0 Å². The van der Waals surface area contributed by atoms with Gasteiger partial charge in [0.25, 0.3) is 0 Å². The average molecular weight is 411 g/mol. The SMILES string of the molecule is CNC(=O)C(NC(=O)CCNS(=O)(=O)c1ccccc1)c1ccc(F)c(F)c1. The zero-order valence-corrected chi connectivity index (χ0v) is 15.7. The molecule has 0 aromatic heterocycles. The fourth-order valence-electron chi connectivity index (χ4n) is 2.35. The Kier molecular flexibility index (Phi) is 7.18. The van der Waals surface area contributed by atoms with Crippen LogP contribution in [0.3, 0.4) is 0 Å². The predicted octanol–water partition coefficient (Wildman–Crippen LogP) is 1.24. The molecule has 1 unspecified atom stereocenters. The standard InChI is InChI=1S/C18H19F2N3O4S/c1-21-18(25)17(12-7-8-14(19)15(20)11-12)23-16(24)9-10-22-28(26,27)13-5-3-2-4-6-13/h2-8,11,17,22H,9-10H2,1H3,(H,21,25)(H,23,24). The van der Waals surface area contributed by atoms with Gasteiger partial charge in [-0.3, -0.25) is 9.59 Å². The molecular formula is C18H19F2N3O4S. The van der Waals surface area contributed by atoms with Gasteiger partial charge in [0, 0.05) is 20.0 Å². The van der Waals surface area contributed by atoms with Gasteiger partial charge in [-0.25, -0.2) is 21.9 Å².